The first-order valence-electron chi connectivity index (χ1n) is 5.34. The Morgan fingerprint density at radius 2 is 1.94 bits per heavy atom. The molecule has 0 aliphatic carbocycles. The minimum absolute atomic E-state index is 0.139. The van der Waals surface area contributed by atoms with Crippen molar-refractivity contribution in [2.24, 2.45) is 0 Å². The van der Waals surface area contributed by atoms with Gasteiger partial charge >= 0.3 is 12.0 Å². The van der Waals surface area contributed by atoms with Crippen LogP contribution < -0.4 is 10.6 Å². The fourth-order valence-electron chi connectivity index (χ4n) is 1.11. The lowest BCUT2D eigenvalue weighted by Gasteiger charge is -2.18. The van der Waals surface area contributed by atoms with Crippen LogP contribution in [0.4, 0.5) is 4.79 Å². The lowest BCUT2D eigenvalue weighted by Crippen LogP contribution is -2.40. The highest BCUT2D eigenvalue weighted by Gasteiger charge is 2.12. The molecule has 0 aromatic carbocycles. The number of hydrogen-bond acceptors (Lipinski definition) is 5. The van der Waals surface area contributed by atoms with Crippen molar-refractivity contribution in [3.8, 4) is 0 Å². The van der Waals surface area contributed by atoms with E-state index in [1.807, 2.05) is 6.92 Å². The second kappa shape index (κ2) is 8.51. The first kappa shape index (κ1) is 15.4. The predicted octanol–water partition coefficient (Wildman–Crippen LogP) is -0.673. The van der Waals surface area contributed by atoms with Gasteiger partial charge in [-0.25, -0.2) is 4.79 Å². The van der Waals surface area contributed by atoms with E-state index in [2.05, 4.69) is 15.4 Å². The molecular weight excluding hydrogens is 226 g/mol. The number of nitrogens with zero attached hydrogens (tertiary/aromatic N) is 1. The number of ether oxygens (including phenoxy) is 1. The third-order valence-electron chi connectivity index (χ3n) is 2.16. The molecular formula is C10H19N3O4. The number of imide groups is 1. The summed E-state index contributed by atoms with van der Waals surface area (Å²) >= 11 is 0. The van der Waals surface area contributed by atoms with E-state index in [9.17, 15) is 14.4 Å². The van der Waals surface area contributed by atoms with Gasteiger partial charge in [0, 0.05) is 20.0 Å². The molecule has 17 heavy (non-hydrogen) atoms. The van der Waals surface area contributed by atoms with Crippen molar-refractivity contribution in [3.63, 3.8) is 0 Å². The lowest BCUT2D eigenvalue weighted by atomic mass is 10.3. The van der Waals surface area contributed by atoms with E-state index in [4.69, 9.17) is 0 Å². The van der Waals surface area contributed by atoms with Gasteiger partial charge in [0.1, 0.15) is 0 Å². The van der Waals surface area contributed by atoms with Crippen LogP contribution in [0.3, 0.4) is 0 Å². The third kappa shape index (κ3) is 7.29. The summed E-state index contributed by atoms with van der Waals surface area (Å²) in [6.07, 6.45) is 0.151. The molecule has 0 rings (SSSR count). The van der Waals surface area contributed by atoms with E-state index in [0.717, 1.165) is 0 Å². The van der Waals surface area contributed by atoms with Gasteiger partial charge in [-0.2, -0.15) is 0 Å². The Labute approximate surface area is 100 Å². The Hall–Kier alpha value is -1.63. The van der Waals surface area contributed by atoms with E-state index >= 15 is 0 Å². The molecule has 0 atom stereocenters. The smallest absolute Gasteiger partial charge is 0.321 e. The van der Waals surface area contributed by atoms with E-state index in [1.54, 1.807) is 4.90 Å². The first-order chi connectivity index (χ1) is 8.03. The van der Waals surface area contributed by atoms with Crippen molar-refractivity contribution < 1.29 is 19.1 Å². The molecule has 0 aliphatic heterocycles. The van der Waals surface area contributed by atoms with Crippen LogP contribution in [0.1, 0.15) is 13.3 Å². The molecule has 0 unspecified atom stereocenters. The van der Waals surface area contributed by atoms with E-state index in [0.29, 0.717) is 13.1 Å². The van der Waals surface area contributed by atoms with Crippen LogP contribution >= 0.6 is 0 Å². The first-order valence-corrected chi connectivity index (χ1v) is 5.34. The summed E-state index contributed by atoms with van der Waals surface area (Å²) in [6, 6.07) is -0.536. The minimum atomic E-state index is -0.536. The summed E-state index contributed by atoms with van der Waals surface area (Å²) in [5, 5.41) is 4.42. The lowest BCUT2D eigenvalue weighted by molar-refractivity contribution is -0.142. The quantitative estimate of drug-likeness (QED) is 0.606. The molecule has 0 bridgehead atoms. The van der Waals surface area contributed by atoms with Crippen molar-refractivity contribution in [2.45, 2.75) is 13.3 Å². The molecule has 0 aromatic heterocycles. The number of amides is 3. The average Bonchev–Trinajstić information content (AvgIpc) is 2.33. The van der Waals surface area contributed by atoms with Crippen LogP contribution in [0.15, 0.2) is 0 Å². The molecule has 0 fully saturated rings. The van der Waals surface area contributed by atoms with E-state index in [1.165, 1.54) is 14.2 Å². The van der Waals surface area contributed by atoms with E-state index < -0.39 is 6.03 Å². The molecule has 0 aliphatic rings. The maximum absolute atomic E-state index is 11.3. The van der Waals surface area contributed by atoms with Gasteiger partial charge in [0.2, 0.25) is 5.91 Å². The fraction of sp³-hybridized carbons (Fsp3) is 0.700. The maximum Gasteiger partial charge on any atom is 0.321 e. The SMILES string of the molecule is CCN(CCC(=O)NC(=O)NC)CC(=O)OC. The summed E-state index contributed by atoms with van der Waals surface area (Å²) < 4.78 is 4.53. The van der Waals surface area contributed by atoms with Crippen molar-refractivity contribution in [1.29, 1.82) is 0 Å². The Kier molecular flexibility index (Phi) is 7.70. The molecule has 0 aromatic rings. The Morgan fingerprint density at radius 1 is 1.29 bits per heavy atom. The summed E-state index contributed by atoms with van der Waals surface area (Å²) in [7, 11) is 2.74. The molecule has 0 radical (unpaired) electrons. The largest absolute Gasteiger partial charge is 0.468 e. The monoisotopic (exact) mass is 245 g/mol. The van der Waals surface area contributed by atoms with Crippen LogP contribution in [0.25, 0.3) is 0 Å². The number of urea groups is 1. The molecule has 3 amide bonds. The standard InChI is InChI=1S/C10H19N3O4/c1-4-13(7-9(15)17-3)6-5-8(14)12-10(16)11-2/h4-7H2,1-3H3,(H2,11,12,14,16). The topological polar surface area (TPSA) is 87.7 Å². The molecule has 98 valence electrons. The average molecular weight is 245 g/mol. The van der Waals surface area contributed by atoms with Gasteiger partial charge in [-0.05, 0) is 6.54 Å². The normalized spacial score (nSPS) is 9.88. The van der Waals surface area contributed by atoms with E-state index in [-0.39, 0.29) is 24.8 Å². The fourth-order valence-corrected chi connectivity index (χ4v) is 1.11. The summed E-state index contributed by atoms with van der Waals surface area (Å²) in [6.45, 7) is 3.04. The van der Waals surface area contributed by atoms with Crippen molar-refractivity contribution in [1.82, 2.24) is 15.5 Å². The Bertz CT molecular complexity index is 281. The minimum Gasteiger partial charge on any atom is -0.468 e. The number of carbonyl (C=O) groups excluding carboxylic acids is 3. The van der Waals surface area contributed by atoms with Gasteiger partial charge in [0.05, 0.1) is 13.7 Å². The Balaban J connectivity index is 3.93. The molecule has 7 nitrogen and oxygen atoms in total. The third-order valence-corrected chi connectivity index (χ3v) is 2.16. The number of carbonyl (C=O) groups is 3. The summed E-state index contributed by atoms with van der Waals surface area (Å²) in [4.78, 5) is 34.9. The zero-order chi connectivity index (χ0) is 13.3. The molecule has 0 heterocycles. The van der Waals surface area contributed by atoms with Crippen molar-refractivity contribution in [2.75, 3.05) is 33.8 Å². The number of hydrogen-bond donors (Lipinski definition) is 2. The number of rotatable bonds is 6. The molecule has 0 spiro atoms. The summed E-state index contributed by atoms with van der Waals surface area (Å²) in [5.74, 6) is -0.730. The van der Waals surface area contributed by atoms with Gasteiger partial charge < -0.3 is 10.1 Å². The predicted molar refractivity (Wildman–Crippen MR) is 61.3 cm³/mol. The van der Waals surface area contributed by atoms with Crippen molar-refractivity contribution in [3.05, 3.63) is 0 Å². The highest BCUT2D eigenvalue weighted by Crippen LogP contribution is 1.92. The highest BCUT2D eigenvalue weighted by molar-refractivity contribution is 5.94. The second-order valence-electron chi connectivity index (χ2n) is 3.32. The zero-order valence-electron chi connectivity index (χ0n) is 10.4. The maximum atomic E-state index is 11.3. The van der Waals surface area contributed by atoms with Crippen LogP contribution in [0.2, 0.25) is 0 Å². The van der Waals surface area contributed by atoms with Crippen LogP contribution in [-0.4, -0.2) is 56.6 Å². The molecule has 7 heteroatoms. The van der Waals surface area contributed by atoms with Gasteiger partial charge in [-0.1, -0.05) is 6.92 Å². The Morgan fingerprint density at radius 3 is 2.41 bits per heavy atom. The van der Waals surface area contributed by atoms with Gasteiger partial charge in [0.25, 0.3) is 0 Å². The summed E-state index contributed by atoms with van der Waals surface area (Å²) in [5.41, 5.74) is 0. The number of esters is 1. The molecule has 2 N–H and O–H groups in total. The molecule has 0 saturated carbocycles. The number of nitrogens with one attached hydrogen (secondary N) is 2. The van der Waals surface area contributed by atoms with Crippen LogP contribution in [0.5, 0.6) is 0 Å². The van der Waals surface area contributed by atoms with Gasteiger partial charge in [-0.15, -0.1) is 0 Å². The second-order valence-corrected chi connectivity index (χ2v) is 3.32. The van der Waals surface area contributed by atoms with Crippen molar-refractivity contribution >= 4 is 17.9 Å². The zero-order valence-corrected chi connectivity index (χ0v) is 10.4. The van der Waals surface area contributed by atoms with Crippen LogP contribution in [-0.2, 0) is 14.3 Å². The number of methoxy groups -OCH3 is 1. The number of likely N-dealkylation sites (N-methyl/N-ethyl adjacent to an activating group) is 1. The molecule has 0 saturated heterocycles. The van der Waals surface area contributed by atoms with Gasteiger partial charge in [0.15, 0.2) is 0 Å². The van der Waals surface area contributed by atoms with Gasteiger partial charge in [-0.3, -0.25) is 19.8 Å². The highest BCUT2D eigenvalue weighted by atomic mass is 16.5. The van der Waals surface area contributed by atoms with Crippen LogP contribution in [0, 0.1) is 0 Å².